The lowest BCUT2D eigenvalue weighted by Crippen LogP contribution is -3.13. The molecule has 1 aliphatic heterocycles. The maximum Gasteiger partial charge on any atom is 0.121 e. The van der Waals surface area contributed by atoms with E-state index < -0.39 is 0 Å². The van der Waals surface area contributed by atoms with E-state index in [1.54, 1.807) is 4.90 Å². The molecular formula is C20H25N2O+. The largest absolute Gasteiger partial charge is 0.385 e. The molecule has 0 unspecified atom stereocenters. The first-order chi connectivity index (χ1) is 11.3. The number of aliphatic hydroxyl groups is 1. The fourth-order valence-electron chi connectivity index (χ4n) is 4.06. The predicted molar refractivity (Wildman–Crippen MR) is 94.9 cm³/mol. The van der Waals surface area contributed by atoms with E-state index in [1.807, 2.05) is 0 Å². The van der Waals surface area contributed by atoms with Gasteiger partial charge in [0.05, 0.1) is 19.6 Å². The number of likely N-dealkylation sites (tertiary alicyclic amines) is 1. The molecule has 2 N–H and O–H groups in total. The summed E-state index contributed by atoms with van der Waals surface area (Å²) in [6.07, 6.45) is 3.67. The van der Waals surface area contributed by atoms with Crippen LogP contribution in [0.2, 0.25) is 0 Å². The summed E-state index contributed by atoms with van der Waals surface area (Å²) < 4.78 is 2.29. The van der Waals surface area contributed by atoms with Gasteiger partial charge >= 0.3 is 0 Å². The van der Waals surface area contributed by atoms with Gasteiger partial charge in [-0.05, 0) is 31.4 Å². The molecule has 2 heterocycles. The maximum absolute atomic E-state index is 10.7. The van der Waals surface area contributed by atoms with Crippen molar-refractivity contribution in [1.82, 2.24) is 4.57 Å². The lowest BCUT2D eigenvalue weighted by Gasteiger charge is -2.26. The molecule has 1 aromatic heterocycles. The lowest BCUT2D eigenvalue weighted by molar-refractivity contribution is -0.908. The molecule has 2 aromatic carbocycles. The number of quaternary nitrogens is 1. The summed E-state index contributed by atoms with van der Waals surface area (Å²) >= 11 is 0. The van der Waals surface area contributed by atoms with E-state index in [0.29, 0.717) is 6.54 Å². The smallest absolute Gasteiger partial charge is 0.121 e. The molecule has 1 aliphatic rings. The van der Waals surface area contributed by atoms with Crippen LogP contribution >= 0.6 is 0 Å². The first-order valence-corrected chi connectivity index (χ1v) is 8.80. The van der Waals surface area contributed by atoms with Crippen LogP contribution in [0.25, 0.3) is 21.8 Å². The van der Waals surface area contributed by atoms with Gasteiger partial charge in [0.1, 0.15) is 12.6 Å². The molecule has 0 spiro atoms. The molecule has 4 rings (SSSR count). The van der Waals surface area contributed by atoms with Crippen LogP contribution in [0.15, 0.2) is 48.5 Å². The summed E-state index contributed by atoms with van der Waals surface area (Å²) in [5.74, 6) is 0. The number of rotatable bonds is 4. The third kappa shape index (κ3) is 2.87. The Morgan fingerprint density at radius 1 is 0.870 bits per heavy atom. The average Bonchev–Trinajstić information content (AvgIpc) is 2.90. The van der Waals surface area contributed by atoms with Gasteiger partial charge in [-0.2, -0.15) is 0 Å². The Kier molecular flexibility index (Phi) is 4.06. The van der Waals surface area contributed by atoms with Crippen molar-refractivity contribution in [1.29, 1.82) is 0 Å². The van der Waals surface area contributed by atoms with Gasteiger partial charge in [0.2, 0.25) is 0 Å². The summed E-state index contributed by atoms with van der Waals surface area (Å²) in [5.41, 5.74) is 2.45. The van der Waals surface area contributed by atoms with Gasteiger partial charge in [-0.25, -0.2) is 0 Å². The van der Waals surface area contributed by atoms with Crippen molar-refractivity contribution in [2.24, 2.45) is 0 Å². The molecule has 120 valence electrons. The number of aromatic nitrogens is 1. The average molecular weight is 309 g/mol. The summed E-state index contributed by atoms with van der Waals surface area (Å²) in [7, 11) is 0. The second kappa shape index (κ2) is 6.34. The molecule has 0 radical (unpaired) electrons. The molecule has 1 saturated heterocycles. The summed E-state index contributed by atoms with van der Waals surface area (Å²) in [4.78, 5) is 1.56. The summed E-state index contributed by atoms with van der Waals surface area (Å²) in [5, 5.41) is 13.2. The number of piperidine rings is 1. The van der Waals surface area contributed by atoms with Crippen LogP contribution in [0.1, 0.15) is 19.3 Å². The minimum atomic E-state index is -0.290. The summed E-state index contributed by atoms with van der Waals surface area (Å²) in [6, 6.07) is 17.0. The van der Waals surface area contributed by atoms with Crippen molar-refractivity contribution in [2.45, 2.75) is 31.9 Å². The second-order valence-corrected chi connectivity index (χ2v) is 6.81. The Morgan fingerprint density at radius 2 is 1.43 bits per heavy atom. The normalized spacial score (nSPS) is 17.8. The van der Waals surface area contributed by atoms with Crippen molar-refractivity contribution in [3.8, 4) is 0 Å². The van der Waals surface area contributed by atoms with Gasteiger partial charge in [0, 0.05) is 21.8 Å². The molecule has 3 heteroatoms. The van der Waals surface area contributed by atoms with Gasteiger partial charge < -0.3 is 14.6 Å². The van der Waals surface area contributed by atoms with E-state index in [-0.39, 0.29) is 6.10 Å². The molecule has 3 nitrogen and oxygen atoms in total. The zero-order chi connectivity index (χ0) is 15.6. The third-order valence-electron chi connectivity index (χ3n) is 5.16. The molecule has 23 heavy (non-hydrogen) atoms. The highest BCUT2D eigenvalue weighted by molar-refractivity contribution is 6.07. The van der Waals surface area contributed by atoms with Crippen LogP contribution in [0.4, 0.5) is 0 Å². The van der Waals surface area contributed by atoms with Crippen LogP contribution in [0.3, 0.4) is 0 Å². The molecule has 0 aliphatic carbocycles. The van der Waals surface area contributed by atoms with Crippen LogP contribution in [-0.4, -0.2) is 35.4 Å². The standard InChI is InChI=1S/C20H24N2O/c23-16(14-21-12-6-1-7-13-21)15-22-19-10-4-2-8-17(19)18-9-3-5-11-20(18)22/h2-5,8-11,16,23H,1,6-7,12-15H2/p+1/t16-/m1/s1. The number of aliphatic hydroxyl groups excluding tert-OH is 1. The maximum atomic E-state index is 10.7. The zero-order valence-corrected chi connectivity index (χ0v) is 13.5. The minimum absolute atomic E-state index is 0.290. The lowest BCUT2D eigenvalue weighted by atomic mass is 10.1. The van der Waals surface area contributed by atoms with Crippen molar-refractivity contribution in [3.63, 3.8) is 0 Å². The highest BCUT2D eigenvalue weighted by Crippen LogP contribution is 2.28. The summed E-state index contributed by atoms with van der Waals surface area (Å²) in [6.45, 7) is 3.97. The fourth-order valence-corrected chi connectivity index (χ4v) is 4.06. The zero-order valence-electron chi connectivity index (χ0n) is 13.5. The van der Waals surface area contributed by atoms with Gasteiger partial charge in [-0.1, -0.05) is 36.4 Å². The first kappa shape index (κ1) is 14.7. The molecule has 1 fully saturated rings. The molecule has 0 bridgehead atoms. The molecular weight excluding hydrogens is 284 g/mol. The monoisotopic (exact) mass is 309 g/mol. The van der Waals surface area contributed by atoms with E-state index in [1.165, 1.54) is 54.2 Å². The Labute approximate surface area is 137 Å². The SMILES string of the molecule is O[C@@H](Cn1c2ccccc2c2ccccc21)C[NH+]1CCCCC1. The number of hydrogen-bond donors (Lipinski definition) is 2. The van der Waals surface area contributed by atoms with Crippen molar-refractivity contribution < 1.29 is 10.0 Å². The number of nitrogens with one attached hydrogen (secondary N) is 1. The number of hydrogen-bond acceptors (Lipinski definition) is 1. The van der Waals surface area contributed by atoms with E-state index in [9.17, 15) is 5.11 Å². The van der Waals surface area contributed by atoms with Crippen LogP contribution in [0, 0.1) is 0 Å². The minimum Gasteiger partial charge on any atom is -0.385 e. The van der Waals surface area contributed by atoms with E-state index >= 15 is 0 Å². The second-order valence-electron chi connectivity index (χ2n) is 6.81. The predicted octanol–water partition coefficient (Wildman–Crippen LogP) is 2.22. The van der Waals surface area contributed by atoms with Crippen molar-refractivity contribution in [3.05, 3.63) is 48.5 Å². The van der Waals surface area contributed by atoms with Gasteiger partial charge in [0.15, 0.2) is 0 Å². The van der Waals surface area contributed by atoms with Gasteiger partial charge in [0.25, 0.3) is 0 Å². The van der Waals surface area contributed by atoms with Crippen LogP contribution in [0.5, 0.6) is 0 Å². The van der Waals surface area contributed by atoms with Crippen LogP contribution < -0.4 is 4.90 Å². The number of nitrogens with zero attached hydrogens (tertiary/aromatic N) is 1. The number of fused-ring (bicyclic) bond motifs is 3. The highest BCUT2D eigenvalue weighted by atomic mass is 16.3. The number of benzene rings is 2. The van der Waals surface area contributed by atoms with Gasteiger partial charge in [-0.3, -0.25) is 0 Å². The highest BCUT2D eigenvalue weighted by Gasteiger charge is 2.19. The Bertz CT molecular complexity index is 748. The van der Waals surface area contributed by atoms with E-state index in [2.05, 4.69) is 53.1 Å². The quantitative estimate of drug-likeness (QED) is 0.760. The topological polar surface area (TPSA) is 29.6 Å². The van der Waals surface area contributed by atoms with Crippen LogP contribution in [-0.2, 0) is 6.54 Å². The Balaban J connectivity index is 1.64. The third-order valence-corrected chi connectivity index (χ3v) is 5.16. The molecule has 1 atom stereocenters. The Morgan fingerprint density at radius 3 is 2.04 bits per heavy atom. The fraction of sp³-hybridized carbons (Fsp3) is 0.400. The molecule has 3 aromatic rings. The van der Waals surface area contributed by atoms with Gasteiger partial charge in [-0.15, -0.1) is 0 Å². The van der Waals surface area contributed by atoms with E-state index in [0.717, 1.165) is 6.54 Å². The van der Waals surface area contributed by atoms with Crippen molar-refractivity contribution in [2.75, 3.05) is 19.6 Å². The van der Waals surface area contributed by atoms with E-state index in [4.69, 9.17) is 0 Å². The number of para-hydroxylation sites is 2. The first-order valence-electron chi connectivity index (χ1n) is 8.80. The molecule has 0 amide bonds. The Hall–Kier alpha value is -1.84. The van der Waals surface area contributed by atoms with Crippen molar-refractivity contribution >= 4 is 21.8 Å². The molecule has 0 saturated carbocycles.